The first kappa shape index (κ1) is 17.4. The van der Waals surface area contributed by atoms with Gasteiger partial charge in [0.05, 0.1) is 5.69 Å². The molecule has 1 heterocycles. The van der Waals surface area contributed by atoms with Crippen molar-refractivity contribution in [3.8, 4) is 0 Å². The Kier molecular flexibility index (Phi) is 6.41. The summed E-state index contributed by atoms with van der Waals surface area (Å²) in [6, 6.07) is 5.45. The number of piperidine rings is 1. The van der Waals surface area contributed by atoms with Crippen molar-refractivity contribution in [1.82, 2.24) is 4.90 Å². The van der Waals surface area contributed by atoms with E-state index in [0.29, 0.717) is 16.8 Å². The van der Waals surface area contributed by atoms with Crippen LogP contribution in [0.25, 0.3) is 0 Å². The fourth-order valence-corrected chi connectivity index (χ4v) is 3.61. The third-order valence-electron chi connectivity index (χ3n) is 3.61. The summed E-state index contributed by atoms with van der Waals surface area (Å²) in [5, 5.41) is 13.3. The largest absolute Gasteiger partial charge is 0.396 e. The number of hydrogen-bond donors (Lipinski definition) is 2. The molecule has 0 aliphatic carbocycles. The van der Waals surface area contributed by atoms with E-state index < -0.39 is 0 Å². The number of aliphatic hydroxyl groups excluding tert-OH is 1. The molecule has 122 valence electrons. The van der Waals surface area contributed by atoms with Crippen LogP contribution in [0.4, 0.5) is 10.5 Å². The number of amides is 2. The Labute approximate surface area is 141 Å². The summed E-state index contributed by atoms with van der Waals surface area (Å²) in [5.41, 5.74) is 0.752. The zero-order valence-electron chi connectivity index (χ0n) is 13.0. The number of carbonyl (C=O) groups excluding carboxylic acids is 1. The number of halogens is 1. The number of hydrogen-bond acceptors (Lipinski definition) is 3. The second kappa shape index (κ2) is 8.09. The fraction of sp³-hybridized carbons (Fsp3) is 0.562. The van der Waals surface area contributed by atoms with Crippen LogP contribution in [-0.4, -0.2) is 41.0 Å². The molecule has 2 N–H and O–H groups in total. The Hall–Kier alpha value is -0.910. The molecular weight excluding hydrogens is 320 g/mol. The smallest absolute Gasteiger partial charge is 0.321 e. The Morgan fingerprint density at radius 3 is 3.00 bits per heavy atom. The third kappa shape index (κ3) is 4.80. The monoisotopic (exact) mass is 342 g/mol. The fourth-order valence-electron chi connectivity index (χ4n) is 2.55. The van der Waals surface area contributed by atoms with Gasteiger partial charge in [-0.25, -0.2) is 4.79 Å². The van der Waals surface area contributed by atoms with Crippen molar-refractivity contribution in [3.05, 3.63) is 23.2 Å². The molecule has 1 aliphatic heterocycles. The zero-order valence-corrected chi connectivity index (χ0v) is 14.6. The number of rotatable bonds is 4. The van der Waals surface area contributed by atoms with Crippen molar-refractivity contribution in [2.75, 3.05) is 25.0 Å². The first-order chi connectivity index (χ1) is 10.5. The van der Waals surface area contributed by atoms with Gasteiger partial charge >= 0.3 is 6.03 Å². The Morgan fingerprint density at radius 2 is 2.32 bits per heavy atom. The number of nitrogens with zero attached hydrogens (tertiary/aromatic N) is 1. The van der Waals surface area contributed by atoms with Crippen LogP contribution in [0, 0.1) is 5.92 Å². The second-order valence-electron chi connectivity index (χ2n) is 5.87. The lowest BCUT2D eigenvalue weighted by molar-refractivity contribution is 0.136. The minimum absolute atomic E-state index is 0.119. The molecule has 1 fully saturated rings. The van der Waals surface area contributed by atoms with Crippen molar-refractivity contribution in [2.24, 2.45) is 5.92 Å². The molecule has 1 unspecified atom stereocenters. The highest BCUT2D eigenvalue weighted by Gasteiger charge is 2.23. The standard InChI is InChI=1S/C16H23ClN2O2S/c1-11(2)22-15-6-5-13(17)8-14(15)18-16(21)19-7-3-4-12(9-19)10-20/h5-6,8,11-12,20H,3-4,7,9-10H2,1-2H3,(H,18,21). The summed E-state index contributed by atoms with van der Waals surface area (Å²) < 4.78 is 0. The number of carbonyl (C=O) groups is 1. The van der Waals surface area contributed by atoms with Gasteiger partial charge in [0.1, 0.15) is 0 Å². The van der Waals surface area contributed by atoms with Crippen molar-refractivity contribution in [2.45, 2.75) is 36.8 Å². The van der Waals surface area contributed by atoms with Crippen LogP contribution in [0.3, 0.4) is 0 Å². The van der Waals surface area contributed by atoms with Crippen molar-refractivity contribution >= 4 is 35.1 Å². The molecule has 1 atom stereocenters. The molecule has 0 saturated carbocycles. The SMILES string of the molecule is CC(C)Sc1ccc(Cl)cc1NC(=O)N1CCCC(CO)C1. The van der Waals surface area contributed by atoms with E-state index in [4.69, 9.17) is 11.6 Å². The van der Waals surface area contributed by atoms with Crippen molar-refractivity contribution in [1.29, 1.82) is 0 Å². The van der Waals surface area contributed by atoms with Gasteiger partial charge in [0.25, 0.3) is 0 Å². The lowest BCUT2D eigenvalue weighted by Crippen LogP contribution is -2.43. The van der Waals surface area contributed by atoms with Gasteiger partial charge < -0.3 is 15.3 Å². The highest BCUT2D eigenvalue weighted by atomic mass is 35.5. The summed E-state index contributed by atoms with van der Waals surface area (Å²) in [6.07, 6.45) is 1.91. The maximum absolute atomic E-state index is 12.5. The maximum atomic E-state index is 12.5. The summed E-state index contributed by atoms with van der Waals surface area (Å²) in [4.78, 5) is 15.2. The predicted octanol–water partition coefficient (Wildman–Crippen LogP) is 4.08. The van der Waals surface area contributed by atoms with E-state index in [1.165, 1.54) is 0 Å². The predicted molar refractivity (Wildman–Crippen MR) is 92.8 cm³/mol. The van der Waals surface area contributed by atoms with Gasteiger partial charge in [-0.05, 0) is 37.0 Å². The molecule has 2 amide bonds. The number of aliphatic hydroxyl groups is 1. The van der Waals surface area contributed by atoms with Crippen LogP contribution < -0.4 is 5.32 Å². The van der Waals surface area contributed by atoms with Gasteiger partial charge in [0.15, 0.2) is 0 Å². The average molecular weight is 343 g/mol. The molecule has 2 rings (SSSR count). The second-order valence-corrected chi connectivity index (χ2v) is 7.93. The van der Waals surface area contributed by atoms with Crippen molar-refractivity contribution < 1.29 is 9.90 Å². The van der Waals surface area contributed by atoms with E-state index in [1.54, 1.807) is 22.7 Å². The van der Waals surface area contributed by atoms with E-state index in [0.717, 1.165) is 30.0 Å². The quantitative estimate of drug-likeness (QED) is 0.811. The number of likely N-dealkylation sites (tertiary alicyclic amines) is 1. The van der Waals surface area contributed by atoms with Gasteiger partial charge in [-0.3, -0.25) is 0 Å². The van der Waals surface area contributed by atoms with Gasteiger partial charge in [-0.15, -0.1) is 11.8 Å². The number of thioether (sulfide) groups is 1. The molecule has 1 saturated heterocycles. The summed E-state index contributed by atoms with van der Waals surface area (Å²) in [6.45, 7) is 5.70. The number of benzene rings is 1. The van der Waals surface area contributed by atoms with Crippen LogP contribution in [0.15, 0.2) is 23.1 Å². The molecule has 1 aromatic carbocycles. The van der Waals surface area contributed by atoms with E-state index in [9.17, 15) is 9.90 Å². The lowest BCUT2D eigenvalue weighted by Gasteiger charge is -2.32. The summed E-state index contributed by atoms with van der Waals surface area (Å²) in [7, 11) is 0. The summed E-state index contributed by atoms with van der Waals surface area (Å²) in [5.74, 6) is 0.184. The van der Waals surface area contributed by atoms with Gasteiger partial charge in [-0.2, -0.15) is 0 Å². The molecule has 0 radical (unpaired) electrons. The third-order valence-corrected chi connectivity index (χ3v) is 4.93. The van der Waals surface area contributed by atoms with Crippen LogP contribution in [0.1, 0.15) is 26.7 Å². The molecule has 4 nitrogen and oxygen atoms in total. The van der Waals surface area contributed by atoms with E-state index in [1.807, 2.05) is 12.1 Å². The molecule has 6 heteroatoms. The average Bonchev–Trinajstić information content (AvgIpc) is 2.49. The van der Waals surface area contributed by atoms with E-state index >= 15 is 0 Å². The van der Waals surface area contributed by atoms with Crippen LogP contribution in [0.2, 0.25) is 5.02 Å². The molecule has 0 spiro atoms. The first-order valence-electron chi connectivity index (χ1n) is 7.62. The highest BCUT2D eigenvalue weighted by Crippen LogP contribution is 2.33. The maximum Gasteiger partial charge on any atom is 0.321 e. The molecular formula is C16H23ClN2O2S. The van der Waals surface area contributed by atoms with E-state index in [2.05, 4.69) is 19.2 Å². The van der Waals surface area contributed by atoms with Gasteiger partial charge in [0.2, 0.25) is 0 Å². The normalized spacial score (nSPS) is 18.6. The molecule has 1 aliphatic rings. The Bertz CT molecular complexity index is 525. The van der Waals surface area contributed by atoms with Crippen LogP contribution >= 0.6 is 23.4 Å². The number of anilines is 1. The molecule has 22 heavy (non-hydrogen) atoms. The number of urea groups is 1. The zero-order chi connectivity index (χ0) is 16.1. The van der Waals surface area contributed by atoms with Crippen LogP contribution in [-0.2, 0) is 0 Å². The van der Waals surface area contributed by atoms with E-state index in [-0.39, 0.29) is 18.6 Å². The topological polar surface area (TPSA) is 52.6 Å². The van der Waals surface area contributed by atoms with Crippen LogP contribution in [0.5, 0.6) is 0 Å². The highest BCUT2D eigenvalue weighted by molar-refractivity contribution is 8.00. The first-order valence-corrected chi connectivity index (χ1v) is 8.88. The Balaban J connectivity index is 2.08. The molecule has 1 aromatic rings. The minimum atomic E-state index is -0.119. The molecule has 0 bridgehead atoms. The van der Waals surface area contributed by atoms with Crippen molar-refractivity contribution in [3.63, 3.8) is 0 Å². The Morgan fingerprint density at radius 1 is 1.55 bits per heavy atom. The van der Waals surface area contributed by atoms with Gasteiger partial charge in [0, 0.05) is 34.9 Å². The number of nitrogens with one attached hydrogen (secondary N) is 1. The molecule has 0 aromatic heterocycles. The lowest BCUT2D eigenvalue weighted by atomic mass is 9.99. The summed E-state index contributed by atoms with van der Waals surface area (Å²) >= 11 is 7.76. The van der Waals surface area contributed by atoms with Gasteiger partial charge in [-0.1, -0.05) is 25.4 Å². The minimum Gasteiger partial charge on any atom is -0.396 e.